The molecule has 0 atom stereocenters. The van der Waals surface area contributed by atoms with Crippen LogP contribution in [0.15, 0.2) is 24.3 Å². The fourth-order valence-electron chi connectivity index (χ4n) is 2.85. The van der Waals surface area contributed by atoms with Gasteiger partial charge in [0.1, 0.15) is 9.88 Å². The van der Waals surface area contributed by atoms with Crippen LogP contribution in [-0.2, 0) is 9.47 Å². The van der Waals surface area contributed by atoms with E-state index in [4.69, 9.17) is 21.7 Å². The van der Waals surface area contributed by atoms with Gasteiger partial charge in [-0.2, -0.15) is 0 Å². The minimum absolute atomic E-state index is 0.263. The van der Waals surface area contributed by atoms with Crippen LogP contribution in [-0.4, -0.2) is 44.4 Å². The third kappa shape index (κ3) is 5.24. The van der Waals surface area contributed by atoms with Crippen molar-refractivity contribution < 1.29 is 19.1 Å². The third-order valence-electron chi connectivity index (χ3n) is 4.39. The molecule has 0 aliphatic carbocycles. The fraction of sp³-hybridized carbons (Fsp3) is 0.350. The molecule has 0 saturated heterocycles. The van der Waals surface area contributed by atoms with Crippen molar-refractivity contribution in [1.29, 1.82) is 0 Å². The highest BCUT2D eigenvalue weighted by Crippen LogP contribution is 2.34. The lowest BCUT2D eigenvalue weighted by Gasteiger charge is -2.21. The van der Waals surface area contributed by atoms with Crippen LogP contribution >= 0.6 is 23.6 Å². The summed E-state index contributed by atoms with van der Waals surface area (Å²) in [6, 6.07) is 7.90. The molecule has 1 heterocycles. The van der Waals surface area contributed by atoms with E-state index >= 15 is 0 Å². The molecule has 0 amide bonds. The molecule has 7 nitrogen and oxygen atoms in total. The van der Waals surface area contributed by atoms with Gasteiger partial charge in [-0.25, -0.2) is 9.59 Å². The van der Waals surface area contributed by atoms with E-state index in [0.717, 1.165) is 35.8 Å². The number of carbonyl (C=O) groups excluding carboxylic acids is 2. The van der Waals surface area contributed by atoms with E-state index in [2.05, 4.69) is 29.4 Å². The normalized spacial score (nSPS) is 10.2. The largest absolute Gasteiger partial charge is 0.465 e. The van der Waals surface area contributed by atoms with E-state index in [9.17, 15) is 9.59 Å². The topological polar surface area (TPSA) is 79.9 Å². The number of carbonyl (C=O) groups is 2. The maximum atomic E-state index is 12.2. The van der Waals surface area contributed by atoms with Crippen molar-refractivity contribution >= 4 is 57.0 Å². The van der Waals surface area contributed by atoms with Crippen LogP contribution in [0.2, 0.25) is 0 Å². The van der Waals surface area contributed by atoms with Crippen molar-refractivity contribution in [2.24, 2.45) is 0 Å². The van der Waals surface area contributed by atoms with Crippen LogP contribution in [0.1, 0.15) is 39.4 Å². The number of methoxy groups -OCH3 is 2. The molecule has 1 aromatic carbocycles. The number of esters is 2. The summed E-state index contributed by atoms with van der Waals surface area (Å²) in [5.41, 5.74) is 2.69. The van der Waals surface area contributed by atoms with Crippen LogP contribution < -0.4 is 15.5 Å². The summed E-state index contributed by atoms with van der Waals surface area (Å²) >= 11 is 6.48. The average molecular weight is 436 g/mol. The Hall–Kier alpha value is -2.65. The summed E-state index contributed by atoms with van der Waals surface area (Å²) < 4.78 is 9.64. The molecule has 1 aromatic heterocycles. The van der Waals surface area contributed by atoms with Gasteiger partial charge in [0, 0.05) is 24.5 Å². The second-order valence-corrected chi connectivity index (χ2v) is 7.47. The standard InChI is InChI=1S/C20H25N3O4S2/c1-6-23(7-2)14-10-8-13(9-11-14)21-20(28)22-17-15(18(24)26-4)12(3)16(29-17)19(25)27-5/h8-11H,6-7H2,1-5H3,(H2,21,22,28). The molecule has 2 N–H and O–H groups in total. The van der Waals surface area contributed by atoms with Crippen molar-refractivity contribution in [3.8, 4) is 0 Å². The van der Waals surface area contributed by atoms with Crippen molar-refractivity contribution in [2.45, 2.75) is 20.8 Å². The summed E-state index contributed by atoms with van der Waals surface area (Å²) in [7, 11) is 2.58. The van der Waals surface area contributed by atoms with Gasteiger partial charge in [0.2, 0.25) is 0 Å². The highest BCUT2D eigenvalue weighted by Gasteiger charge is 2.26. The van der Waals surface area contributed by atoms with Crippen LogP contribution in [0.3, 0.4) is 0 Å². The highest BCUT2D eigenvalue weighted by atomic mass is 32.1. The Kier molecular flexibility index (Phi) is 7.98. The number of hydrogen-bond donors (Lipinski definition) is 2. The predicted molar refractivity (Wildman–Crippen MR) is 122 cm³/mol. The lowest BCUT2D eigenvalue weighted by molar-refractivity contribution is 0.0601. The second-order valence-electron chi connectivity index (χ2n) is 6.04. The predicted octanol–water partition coefficient (Wildman–Crippen LogP) is 4.28. The van der Waals surface area contributed by atoms with Crippen LogP contribution in [0.4, 0.5) is 16.4 Å². The average Bonchev–Trinajstić information content (AvgIpc) is 3.04. The first-order chi connectivity index (χ1) is 13.9. The molecular weight excluding hydrogens is 410 g/mol. The molecule has 2 aromatic rings. The Morgan fingerprint density at radius 2 is 1.62 bits per heavy atom. The third-order valence-corrected chi connectivity index (χ3v) is 5.78. The number of hydrogen-bond acceptors (Lipinski definition) is 7. The first-order valence-corrected chi connectivity index (χ1v) is 10.3. The number of nitrogens with zero attached hydrogens (tertiary/aromatic N) is 1. The molecule has 156 valence electrons. The molecular formula is C20H25N3O4S2. The molecule has 0 spiro atoms. The maximum absolute atomic E-state index is 12.2. The molecule has 0 unspecified atom stereocenters. The van der Waals surface area contributed by atoms with E-state index in [-0.39, 0.29) is 5.56 Å². The van der Waals surface area contributed by atoms with E-state index in [0.29, 0.717) is 20.6 Å². The summed E-state index contributed by atoms with van der Waals surface area (Å²) in [4.78, 5) is 26.7. The van der Waals surface area contributed by atoms with Gasteiger partial charge in [0.15, 0.2) is 5.11 Å². The quantitative estimate of drug-likeness (QED) is 0.493. The Balaban J connectivity index is 2.20. The Morgan fingerprint density at radius 1 is 1.03 bits per heavy atom. The van der Waals surface area contributed by atoms with Gasteiger partial charge in [-0.05, 0) is 62.8 Å². The summed E-state index contributed by atoms with van der Waals surface area (Å²) in [6.07, 6.45) is 0. The lowest BCUT2D eigenvalue weighted by Crippen LogP contribution is -2.22. The molecule has 2 rings (SSSR count). The van der Waals surface area contributed by atoms with Crippen molar-refractivity contribution in [3.63, 3.8) is 0 Å². The van der Waals surface area contributed by atoms with Gasteiger partial charge in [-0.1, -0.05) is 0 Å². The minimum atomic E-state index is -0.553. The molecule has 29 heavy (non-hydrogen) atoms. The van der Waals surface area contributed by atoms with Crippen LogP contribution in [0.25, 0.3) is 0 Å². The van der Waals surface area contributed by atoms with Gasteiger partial charge in [-0.3, -0.25) is 0 Å². The van der Waals surface area contributed by atoms with E-state index in [1.54, 1.807) is 6.92 Å². The molecule has 0 saturated carbocycles. The zero-order valence-corrected chi connectivity index (χ0v) is 18.8. The van der Waals surface area contributed by atoms with E-state index < -0.39 is 11.9 Å². The number of rotatable bonds is 7. The van der Waals surface area contributed by atoms with Gasteiger partial charge in [-0.15, -0.1) is 11.3 Å². The van der Waals surface area contributed by atoms with Gasteiger partial charge < -0.3 is 25.0 Å². The fourth-order valence-corrected chi connectivity index (χ4v) is 4.25. The minimum Gasteiger partial charge on any atom is -0.465 e. The summed E-state index contributed by atoms with van der Waals surface area (Å²) in [5, 5.41) is 6.80. The molecule has 9 heteroatoms. The van der Waals surface area contributed by atoms with E-state index in [1.165, 1.54) is 14.2 Å². The Morgan fingerprint density at radius 3 is 2.14 bits per heavy atom. The molecule has 0 bridgehead atoms. The Bertz CT molecular complexity index is 890. The highest BCUT2D eigenvalue weighted by molar-refractivity contribution is 7.80. The van der Waals surface area contributed by atoms with Crippen molar-refractivity contribution in [3.05, 3.63) is 40.3 Å². The summed E-state index contributed by atoms with van der Waals surface area (Å²) in [5.74, 6) is -1.07. The van der Waals surface area contributed by atoms with Gasteiger partial charge in [0.05, 0.1) is 19.8 Å². The SMILES string of the molecule is CCN(CC)c1ccc(NC(=S)Nc2sc(C(=O)OC)c(C)c2C(=O)OC)cc1. The smallest absolute Gasteiger partial charge is 0.348 e. The van der Waals surface area contributed by atoms with Crippen LogP contribution in [0.5, 0.6) is 0 Å². The second kappa shape index (κ2) is 10.2. The number of nitrogens with one attached hydrogen (secondary N) is 2. The first-order valence-electron chi connectivity index (χ1n) is 9.09. The van der Waals surface area contributed by atoms with Gasteiger partial charge >= 0.3 is 11.9 Å². The maximum Gasteiger partial charge on any atom is 0.348 e. The molecule has 0 fully saturated rings. The lowest BCUT2D eigenvalue weighted by atomic mass is 10.1. The number of thiocarbonyl (C=S) groups is 1. The van der Waals surface area contributed by atoms with Crippen molar-refractivity contribution in [1.82, 2.24) is 0 Å². The number of benzene rings is 1. The Labute approximate surface area is 180 Å². The van der Waals surface area contributed by atoms with Gasteiger partial charge in [0.25, 0.3) is 0 Å². The van der Waals surface area contributed by atoms with E-state index in [1.807, 2.05) is 24.3 Å². The zero-order chi connectivity index (χ0) is 21.6. The molecule has 0 radical (unpaired) electrons. The van der Waals surface area contributed by atoms with Crippen LogP contribution in [0, 0.1) is 6.92 Å². The summed E-state index contributed by atoms with van der Waals surface area (Å²) in [6.45, 7) is 7.75. The zero-order valence-electron chi connectivity index (χ0n) is 17.1. The monoisotopic (exact) mass is 435 g/mol. The first kappa shape index (κ1) is 22.6. The molecule has 0 aliphatic heterocycles. The number of anilines is 3. The number of thiophene rings is 1. The number of ether oxygens (including phenoxy) is 2. The molecule has 0 aliphatic rings. The van der Waals surface area contributed by atoms with Crippen molar-refractivity contribution in [2.75, 3.05) is 42.8 Å².